The summed E-state index contributed by atoms with van der Waals surface area (Å²) >= 11 is 0. The molecule has 0 amide bonds. The third-order valence-corrected chi connectivity index (χ3v) is 10.8. The maximum absolute atomic E-state index is 9.98. The molecule has 0 saturated carbocycles. The molecule has 0 aromatic rings. The highest BCUT2D eigenvalue weighted by Crippen LogP contribution is 2.44. The monoisotopic (exact) mass is 710 g/mol. The van der Waals surface area contributed by atoms with E-state index >= 15 is 0 Å². The first kappa shape index (κ1) is 48.0. The van der Waals surface area contributed by atoms with Gasteiger partial charge in [0.2, 0.25) is 0 Å². The van der Waals surface area contributed by atoms with E-state index in [0.717, 1.165) is 18.8 Å². The van der Waals surface area contributed by atoms with Gasteiger partial charge in [0, 0.05) is 21.8 Å². The molecule has 10 heteroatoms. The molecule has 8 atom stereocenters. The Morgan fingerprint density at radius 2 is 1.42 bits per heavy atom. The normalized spacial score (nSPS) is 35.3. The van der Waals surface area contributed by atoms with Crippen LogP contribution in [-0.4, -0.2) is 60.7 Å². The average Bonchev–Trinajstić information content (AvgIpc) is 3.05. The largest absolute Gasteiger partial charge is 0.412 e. The minimum absolute atomic E-state index is 0. The second kappa shape index (κ2) is 20.9. The summed E-state index contributed by atoms with van der Waals surface area (Å²) in [7, 11) is 0. The van der Waals surface area contributed by atoms with Crippen molar-refractivity contribution in [3.05, 3.63) is 69.7 Å². The third-order valence-electron chi connectivity index (χ3n) is 10.8. The molecule has 6 N–H and O–H groups in total. The van der Waals surface area contributed by atoms with E-state index in [9.17, 15) is 15.3 Å². The molecule has 2 bridgehead atoms. The Morgan fingerprint density at radius 1 is 0.800 bits per heavy atom. The van der Waals surface area contributed by atoms with Gasteiger partial charge >= 0.3 is 0 Å². The topological polar surface area (TPSA) is 174 Å². The van der Waals surface area contributed by atoms with Crippen LogP contribution in [0.3, 0.4) is 0 Å². The zero-order valence-corrected chi connectivity index (χ0v) is 32.8. The van der Waals surface area contributed by atoms with Crippen LogP contribution in [0.15, 0.2) is 59.8 Å². The van der Waals surface area contributed by atoms with Gasteiger partial charge in [0.15, 0.2) is 0 Å². The third kappa shape index (κ3) is 13.8. The van der Waals surface area contributed by atoms with E-state index in [2.05, 4.69) is 70.7 Å². The molecule has 0 radical (unpaired) electrons. The van der Waals surface area contributed by atoms with Gasteiger partial charge < -0.3 is 20.8 Å². The lowest BCUT2D eigenvalue weighted by molar-refractivity contribution is -0.431. The van der Waals surface area contributed by atoms with Crippen molar-refractivity contribution >= 4 is 0 Å². The first-order chi connectivity index (χ1) is 22.7. The van der Waals surface area contributed by atoms with Crippen LogP contribution < -0.4 is 0 Å². The molecule has 1 saturated heterocycles. The molecular weight excluding hydrogens is 640 g/mol. The molecule has 0 spiro atoms. The predicted octanol–water partition coefficient (Wildman–Crippen LogP) is 8.16. The minimum Gasteiger partial charge on any atom is -0.412 e. The van der Waals surface area contributed by atoms with Crippen molar-refractivity contribution in [2.45, 2.75) is 156 Å². The summed E-state index contributed by atoms with van der Waals surface area (Å²) in [5, 5.41) is 38.0. The summed E-state index contributed by atoms with van der Waals surface area (Å²) in [6.07, 6.45) is 21.2. The molecule has 4 aliphatic carbocycles. The van der Waals surface area contributed by atoms with Gasteiger partial charge in [0.1, 0.15) is 17.3 Å². The fourth-order valence-corrected chi connectivity index (χ4v) is 6.31. The first-order valence-corrected chi connectivity index (χ1v) is 18.1. The maximum Gasteiger partial charge on any atom is 0.125 e. The van der Waals surface area contributed by atoms with Crippen LogP contribution in [0.1, 0.15) is 122 Å². The van der Waals surface area contributed by atoms with Crippen LogP contribution in [0.4, 0.5) is 0 Å². The van der Waals surface area contributed by atoms with Crippen molar-refractivity contribution in [1.82, 2.24) is 0 Å². The molecule has 10 nitrogen and oxygen atoms in total. The quantitative estimate of drug-likeness (QED) is 0.125. The summed E-state index contributed by atoms with van der Waals surface area (Å²) in [6.45, 7) is 24.9. The van der Waals surface area contributed by atoms with Gasteiger partial charge in [-0.25, -0.2) is 14.7 Å². The average molecular weight is 711 g/mol. The number of allylic oxidation sites excluding steroid dienone is 4. The van der Waals surface area contributed by atoms with E-state index < -0.39 is 23.4 Å². The Kier molecular flexibility index (Phi) is 20.0. The Morgan fingerprint density at radius 3 is 1.78 bits per heavy atom. The standard InChI is InChI=1S/C10H18O3.C10H16O2.C10H18O2.C10H16.O2.H2O/c1-6(2)8-5-4-7(3)10(13-12)9(8)11;1-8(2)10-6-4-9(3,5-7-10)11-12-10;1-8(2)10(12)6-4-9(3,11)5-7-10;1-8(2)10-6-4-9(3)5-7-10;1-2;/h4-12H,1-3H3;4,6,8H,5,7H2,1-3H3;4,6,8,11-12H,5,7H2,1-3H3;4,6,8H,5,7H2,1-3H3;;1H2/t7?,8?,9?,10-;9-,10+;9-,10?;;;/m111.../s1. The van der Waals surface area contributed by atoms with Crippen molar-refractivity contribution in [3.63, 3.8) is 0 Å². The molecule has 4 unspecified atom stereocenters. The summed E-state index contributed by atoms with van der Waals surface area (Å²) < 4.78 is 0. The van der Waals surface area contributed by atoms with Crippen LogP contribution >= 0.6 is 0 Å². The molecule has 290 valence electrons. The van der Waals surface area contributed by atoms with Gasteiger partial charge in [0.25, 0.3) is 0 Å². The van der Waals surface area contributed by atoms with Crippen molar-refractivity contribution in [2.24, 2.45) is 35.5 Å². The van der Waals surface area contributed by atoms with Gasteiger partial charge in [-0.2, -0.15) is 0 Å². The number of hydrogen-bond acceptors (Lipinski definition) is 9. The first-order valence-electron chi connectivity index (χ1n) is 18.1. The van der Waals surface area contributed by atoms with E-state index in [4.69, 9.17) is 25.0 Å². The summed E-state index contributed by atoms with van der Waals surface area (Å²) in [5.41, 5.74) is 1.40. The summed E-state index contributed by atoms with van der Waals surface area (Å²) in [5.74, 6) is 1.94. The predicted molar refractivity (Wildman–Crippen MR) is 202 cm³/mol. The Labute approximate surface area is 301 Å². The van der Waals surface area contributed by atoms with Gasteiger partial charge in [-0.05, 0) is 83.0 Å². The molecular formula is C40H70O10. The molecule has 6 rings (SSSR count). The van der Waals surface area contributed by atoms with Crippen LogP contribution in [-0.2, 0) is 14.7 Å². The zero-order chi connectivity index (χ0) is 37.8. The number of aliphatic hydroxyl groups excluding tert-OH is 1. The molecule has 2 aliphatic heterocycles. The lowest BCUT2D eigenvalue weighted by atomic mass is 9.76. The highest BCUT2D eigenvalue weighted by Gasteiger charge is 2.47. The van der Waals surface area contributed by atoms with Crippen molar-refractivity contribution in [2.75, 3.05) is 0 Å². The fourth-order valence-electron chi connectivity index (χ4n) is 6.31. The van der Waals surface area contributed by atoms with Crippen LogP contribution in [0.5, 0.6) is 0 Å². The molecule has 0 aromatic heterocycles. The summed E-state index contributed by atoms with van der Waals surface area (Å²) in [6, 6.07) is 0. The highest BCUT2D eigenvalue weighted by molar-refractivity contribution is 5.23. The van der Waals surface area contributed by atoms with Crippen molar-refractivity contribution in [3.8, 4) is 0 Å². The van der Waals surface area contributed by atoms with Crippen LogP contribution in [0, 0.1) is 45.4 Å². The van der Waals surface area contributed by atoms with E-state index in [1.165, 1.54) is 18.4 Å². The zero-order valence-electron chi connectivity index (χ0n) is 32.8. The van der Waals surface area contributed by atoms with Gasteiger partial charge in [-0.3, -0.25) is 5.26 Å². The molecule has 0 aromatic carbocycles. The van der Waals surface area contributed by atoms with Gasteiger partial charge in [-0.15, -0.1) is 0 Å². The van der Waals surface area contributed by atoms with E-state index in [1.807, 2.05) is 46.8 Å². The van der Waals surface area contributed by atoms with E-state index in [0.29, 0.717) is 24.7 Å². The van der Waals surface area contributed by atoms with Crippen LogP contribution in [0.2, 0.25) is 0 Å². The number of rotatable bonds is 5. The Hall–Kier alpha value is -2.02. The summed E-state index contributed by atoms with van der Waals surface area (Å²) in [4.78, 5) is 29.1. The Bertz CT molecular complexity index is 1140. The number of aliphatic hydroxyl groups is 3. The smallest absolute Gasteiger partial charge is 0.125 e. The minimum atomic E-state index is -0.721. The fraction of sp³-hybridized carbons (Fsp3) is 0.750. The molecule has 2 heterocycles. The van der Waals surface area contributed by atoms with E-state index in [-0.39, 0.29) is 34.4 Å². The molecule has 50 heavy (non-hydrogen) atoms. The molecule has 1 fully saturated rings. The number of fused-ring (bicyclic) bond motifs is 2. The van der Waals surface area contributed by atoms with Crippen molar-refractivity contribution < 1.29 is 40.7 Å². The van der Waals surface area contributed by atoms with Crippen LogP contribution in [0.25, 0.3) is 0 Å². The molecule has 6 aliphatic rings. The highest BCUT2D eigenvalue weighted by atomic mass is 17.2. The van der Waals surface area contributed by atoms with Gasteiger partial charge in [0.05, 0.1) is 17.3 Å². The second-order valence-corrected chi connectivity index (χ2v) is 16.3. The SMILES string of the molecule is CC(C)C1(O)C=C[C@@](C)(O)CC1.CC(C)C1C=CC(C)[C@@H](OO)C1O.CC(C)[C@]12C=C[C@](C)(CC1)OO2.CC1=CC=C(C(C)C)CC1.O.O=O. The van der Waals surface area contributed by atoms with E-state index in [1.54, 1.807) is 24.6 Å². The number of hydrogen-bond donors (Lipinski definition) is 4. The maximum atomic E-state index is 9.98. The Balaban J connectivity index is 0.000000627. The lowest BCUT2D eigenvalue weighted by Crippen LogP contribution is -2.50. The van der Waals surface area contributed by atoms with Gasteiger partial charge in [-0.1, -0.05) is 122 Å². The second-order valence-electron chi connectivity index (χ2n) is 16.3. The lowest BCUT2D eigenvalue weighted by Gasteiger charge is -2.47. The van der Waals surface area contributed by atoms with Crippen molar-refractivity contribution in [1.29, 1.82) is 0 Å².